The molecule has 0 N–H and O–H groups in total. The van der Waals surface area contributed by atoms with E-state index in [1.165, 1.54) is 0 Å². The minimum atomic E-state index is -0.427. The van der Waals surface area contributed by atoms with Crippen LogP contribution in [-0.2, 0) is 9.53 Å². The van der Waals surface area contributed by atoms with Crippen LogP contribution in [-0.4, -0.2) is 30.7 Å². The molecular formula is C7H10N2O2. The van der Waals surface area contributed by atoms with Gasteiger partial charge in [0.15, 0.2) is 0 Å². The summed E-state index contributed by atoms with van der Waals surface area (Å²) >= 11 is 0. The first-order chi connectivity index (χ1) is 5.24. The molecule has 0 aromatic rings. The maximum Gasteiger partial charge on any atom is 0.375 e. The van der Waals surface area contributed by atoms with E-state index < -0.39 is 5.97 Å². The van der Waals surface area contributed by atoms with E-state index in [0.29, 0.717) is 13.2 Å². The maximum atomic E-state index is 10.9. The van der Waals surface area contributed by atoms with E-state index in [2.05, 4.69) is 9.98 Å². The lowest BCUT2D eigenvalue weighted by Crippen LogP contribution is -2.13. The van der Waals surface area contributed by atoms with Gasteiger partial charge in [0.2, 0.25) is 5.84 Å². The van der Waals surface area contributed by atoms with Crippen LogP contribution in [0.25, 0.3) is 0 Å². The van der Waals surface area contributed by atoms with Crippen molar-refractivity contribution in [2.24, 2.45) is 9.98 Å². The molecule has 0 saturated heterocycles. The van der Waals surface area contributed by atoms with Gasteiger partial charge in [-0.1, -0.05) is 0 Å². The molecule has 1 heterocycles. The third kappa shape index (κ3) is 1.86. The molecule has 0 fully saturated rings. The lowest BCUT2D eigenvalue weighted by atomic mass is 10.4. The predicted molar refractivity (Wildman–Crippen MR) is 42.0 cm³/mol. The normalized spacial score (nSPS) is 15.8. The summed E-state index contributed by atoms with van der Waals surface area (Å²) in [5.74, 6) is -0.228. The van der Waals surface area contributed by atoms with E-state index in [1.807, 2.05) is 6.92 Å². The van der Waals surface area contributed by atoms with Crippen LogP contribution in [0, 0.1) is 0 Å². The van der Waals surface area contributed by atoms with Crippen LogP contribution in [0.5, 0.6) is 0 Å². The van der Waals surface area contributed by atoms with Crippen molar-refractivity contribution in [3.8, 4) is 0 Å². The molecule has 0 bridgehead atoms. The van der Waals surface area contributed by atoms with E-state index in [1.54, 1.807) is 6.92 Å². The fourth-order valence-electron chi connectivity index (χ4n) is 0.747. The van der Waals surface area contributed by atoms with E-state index in [4.69, 9.17) is 4.74 Å². The Morgan fingerprint density at radius 3 is 2.91 bits per heavy atom. The monoisotopic (exact) mass is 154 g/mol. The first kappa shape index (κ1) is 7.91. The summed E-state index contributed by atoms with van der Waals surface area (Å²) < 4.78 is 4.70. The zero-order valence-corrected chi connectivity index (χ0v) is 6.63. The Morgan fingerprint density at radius 1 is 1.73 bits per heavy atom. The van der Waals surface area contributed by atoms with Gasteiger partial charge in [-0.2, -0.15) is 0 Å². The summed E-state index contributed by atoms with van der Waals surface area (Å²) in [7, 11) is 0. The van der Waals surface area contributed by atoms with Crippen molar-refractivity contribution in [1.82, 2.24) is 0 Å². The van der Waals surface area contributed by atoms with Gasteiger partial charge >= 0.3 is 5.97 Å². The Bertz CT molecular complexity index is 231. The average Bonchev–Trinajstić information content (AvgIpc) is 2.36. The Labute approximate surface area is 65.0 Å². The standard InChI is InChI=1S/C7H10N2O2/c1-3-11-7(10)6-8-4-5(2)9-6/h3-4H2,1-2H3. The fraction of sp³-hybridized carbons (Fsp3) is 0.571. The molecular weight excluding hydrogens is 144 g/mol. The number of aliphatic imine (C=N–C) groups is 2. The summed E-state index contributed by atoms with van der Waals surface area (Å²) in [6, 6.07) is 0. The summed E-state index contributed by atoms with van der Waals surface area (Å²) in [4.78, 5) is 18.7. The van der Waals surface area contributed by atoms with Crippen LogP contribution in [0.15, 0.2) is 9.98 Å². The SMILES string of the molecule is CCOC(=O)C1=NCC(C)=N1. The Hall–Kier alpha value is -1.19. The third-order valence-electron chi connectivity index (χ3n) is 1.21. The second-order valence-corrected chi connectivity index (χ2v) is 2.21. The molecule has 0 saturated carbocycles. The molecule has 0 aromatic carbocycles. The topological polar surface area (TPSA) is 51.0 Å². The minimum absolute atomic E-state index is 0.198. The zero-order valence-electron chi connectivity index (χ0n) is 6.63. The van der Waals surface area contributed by atoms with Crippen molar-refractivity contribution < 1.29 is 9.53 Å². The van der Waals surface area contributed by atoms with Crippen molar-refractivity contribution in [2.75, 3.05) is 13.2 Å². The van der Waals surface area contributed by atoms with Gasteiger partial charge in [-0.15, -0.1) is 0 Å². The van der Waals surface area contributed by atoms with Crippen LogP contribution in [0.2, 0.25) is 0 Å². The Morgan fingerprint density at radius 2 is 2.45 bits per heavy atom. The van der Waals surface area contributed by atoms with E-state index in [0.717, 1.165) is 5.71 Å². The predicted octanol–water partition coefficient (Wildman–Crippen LogP) is 0.422. The van der Waals surface area contributed by atoms with Crippen molar-refractivity contribution in [2.45, 2.75) is 13.8 Å². The Kier molecular flexibility index (Phi) is 2.36. The molecule has 11 heavy (non-hydrogen) atoms. The fourth-order valence-corrected chi connectivity index (χ4v) is 0.747. The van der Waals surface area contributed by atoms with Gasteiger partial charge in [0.25, 0.3) is 0 Å². The smallest absolute Gasteiger partial charge is 0.375 e. The maximum absolute atomic E-state index is 10.9. The second kappa shape index (κ2) is 3.27. The molecule has 0 aliphatic carbocycles. The van der Waals surface area contributed by atoms with Gasteiger partial charge < -0.3 is 4.74 Å². The lowest BCUT2D eigenvalue weighted by molar-refractivity contribution is -0.135. The first-order valence-corrected chi connectivity index (χ1v) is 3.49. The number of carbonyl (C=O) groups is 1. The molecule has 0 atom stereocenters. The first-order valence-electron chi connectivity index (χ1n) is 3.49. The molecule has 0 spiro atoms. The quantitative estimate of drug-likeness (QED) is 0.541. The zero-order chi connectivity index (χ0) is 8.27. The second-order valence-electron chi connectivity index (χ2n) is 2.21. The molecule has 0 aromatic heterocycles. The minimum Gasteiger partial charge on any atom is -0.460 e. The lowest BCUT2D eigenvalue weighted by Gasteiger charge is -1.96. The number of carbonyl (C=O) groups excluding carboxylic acids is 1. The highest BCUT2D eigenvalue weighted by molar-refractivity contribution is 6.39. The van der Waals surface area contributed by atoms with Gasteiger partial charge in [-0.3, -0.25) is 4.99 Å². The van der Waals surface area contributed by atoms with Crippen molar-refractivity contribution in [1.29, 1.82) is 0 Å². The van der Waals surface area contributed by atoms with E-state index >= 15 is 0 Å². The Balaban J connectivity index is 2.56. The summed E-state index contributed by atoms with van der Waals surface area (Å²) in [5.41, 5.74) is 0.855. The molecule has 60 valence electrons. The molecule has 1 aliphatic rings. The van der Waals surface area contributed by atoms with Gasteiger partial charge in [0, 0.05) is 5.71 Å². The molecule has 1 rings (SSSR count). The van der Waals surface area contributed by atoms with Gasteiger partial charge in [0.1, 0.15) is 0 Å². The van der Waals surface area contributed by atoms with E-state index in [-0.39, 0.29) is 5.84 Å². The average molecular weight is 154 g/mol. The number of esters is 1. The molecule has 0 unspecified atom stereocenters. The van der Waals surface area contributed by atoms with Gasteiger partial charge in [-0.05, 0) is 13.8 Å². The summed E-state index contributed by atoms with van der Waals surface area (Å²) in [6.45, 7) is 4.47. The number of nitrogens with zero attached hydrogens (tertiary/aromatic N) is 2. The number of hydrogen-bond acceptors (Lipinski definition) is 4. The largest absolute Gasteiger partial charge is 0.460 e. The van der Waals surface area contributed by atoms with Crippen LogP contribution in [0.4, 0.5) is 0 Å². The molecule has 4 nitrogen and oxygen atoms in total. The number of ether oxygens (including phenoxy) is 1. The van der Waals surface area contributed by atoms with Crippen molar-refractivity contribution in [3.05, 3.63) is 0 Å². The molecule has 4 heteroatoms. The van der Waals surface area contributed by atoms with Crippen molar-refractivity contribution in [3.63, 3.8) is 0 Å². The highest BCUT2D eigenvalue weighted by Crippen LogP contribution is 1.97. The number of hydrogen-bond donors (Lipinski definition) is 0. The molecule has 0 radical (unpaired) electrons. The molecule has 1 aliphatic heterocycles. The summed E-state index contributed by atoms with van der Waals surface area (Å²) in [6.07, 6.45) is 0. The van der Waals surface area contributed by atoms with Crippen LogP contribution < -0.4 is 0 Å². The van der Waals surface area contributed by atoms with Crippen molar-refractivity contribution >= 4 is 17.5 Å². The van der Waals surface area contributed by atoms with Crippen LogP contribution >= 0.6 is 0 Å². The van der Waals surface area contributed by atoms with E-state index in [9.17, 15) is 4.79 Å². The highest BCUT2D eigenvalue weighted by Gasteiger charge is 2.15. The molecule has 0 amide bonds. The number of amidine groups is 1. The highest BCUT2D eigenvalue weighted by atomic mass is 16.5. The number of rotatable bonds is 2. The van der Waals surface area contributed by atoms with Gasteiger partial charge in [0.05, 0.1) is 13.2 Å². The third-order valence-corrected chi connectivity index (χ3v) is 1.21. The van der Waals surface area contributed by atoms with Crippen LogP contribution in [0.3, 0.4) is 0 Å². The summed E-state index contributed by atoms with van der Waals surface area (Å²) in [5, 5.41) is 0. The van der Waals surface area contributed by atoms with Gasteiger partial charge in [-0.25, -0.2) is 9.79 Å². The van der Waals surface area contributed by atoms with Crippen LogP contribution in [0.1, 0.15) is 13.8 Å².